The van der Waals surface area contributed by atoms with Crippen LogP contribution in [0.1, 0.15) is 15.9 Å². The first-order valence-corrected chi connectivity index (χ1v) is 6.73. The Bertz CT molecular complexity index is 902. The van der Waals surface area contributed by atoms with Crippen LogP contribution >= 0.6 is 0 Å². The van der Waals surface area contributed by atoms with Crippen molar-refractivity contribution in [1.29, 1.82) is 0 Å². The molecule has 0 spiro atoms. The number of carbonyl (C=O) groups is 1. The number of aromatic hydroxyl groups is 2. The van der Waals surface area contributed by atoms with Gasteiger partial charge in [0.25, 0.3) is 0 Å². The molecule has 0 radical (unpaired) electrons. The number of fused-ring (bicyclic) bond motifs is 1. The molecule has 0 aromatic heterocycles. The summed E-state index contributed by atoms with van der Waals surface area (Å²) >= 11 is 0. The van der Waals surface area contributed by atoms with Crippen molar-refractivity contribution in [2.75, 3.05) is 7.11 Å². The van der Waals surface area contributed by atoms with Gasteiger partial charge in [0.2, 0.25) is 11.5 Å². The van der Waals surface area contributed by atoms with E-state index in [-0.39, 0.29) is 34.1 Å². The SMILES string of the molecule is COc1cc(/C=C2/Oc3cc(O)ccc3C2=O)cc([N+](=O)[O-])c1O. The maximum absolute atomic E-state index is 12.3. The highest BCUT2D eigenvalue weighted by atomic mass is 16.6. The van der Waals surface area contributed by atoms with E-state index < -0.39 is 22.1 Å². The standard InChI is InChI=1S/C16H11NO7/c1-23-13-5-8(4-11(16(13)20)17(21)22)6-14-15(19)10-3-2-9(18)7-12(10)24-14/h2-7,18,20H,1H3/b14-6+. The van der Waals surface area contributed by atoms with Crippen LogP contribution in [0.3, 0.4) is 0 Å². The van der Waals surface area contributed by atoms with E-state index in [1.807, 2.05) is 0 Å². The van der Waals surface area contributed by atoms with E-state index in [9.17, 15) is 25.1 Å². The topological polar surface area (TPSA) is 119 Å². The van der Waals surface area contributed by atoms with E-state index in [4.69, 9.17) is 9.47 Å². The molecule has 0 bridgehead atoms. The molecule has 2 aromatic rings. The fraction of sp³-hybridized carbons (Fsp3) is 0.0625. The van der Waals surface area contributed by atoms with Crippen LogP contribution in [0.2, 0.25) is 0 Å². The third-order valence-corrected chi connectivity index (χ3v) is 3.45. The Balaban J connectivity index is 2.05. The van der Waals surface area contributed by atoms with Crippen LogP contribution < -0.4 is 9.47 Å². The highest BCUT2D eigenvalue weighted by Crippen LogP contribution is 2.39. The first-order valence-electron chi connectivity index (χ1n) is 6.73. The quantitative estimate of drug-likeness (QED) is 0.504. The van der Waals surface area contributed by atoms with Gasteiger partial charge in [-0.3, -0.25) is 14.9 Å². The molecule has 2 N–H and O–H groups in total. The summed E-state index contributed by atoms with van der Waals surface area (Å²) in [5.41, 5.74) is -0.0298. The number of hydrogen-bond acceptors (Lipinski definition) is 7. The summed E-state index contributed by atoms with van der Waals surface area (Å²) in [6.45, 7) is 0. The molecule has 1 aliphatic heterocycles. The number of Topliss-reactive ketones (excluding diaryl/α,β-unsaturated/α-hetero) is 1. The molecular weight excluding hydrogens is 318 g/mol. The van der Waals surface area contributed by atoms with Crippen molar-refractivity contribution < 1.29 is 29.4 Å². The molecule has 122 valence electrons. The zero-order valence-electron chi connectivity index (χ0n) is 12.3. The molecule has 8 heteroatoms. The van der Waals surface area contributed by atoms with Crippen LogP contribution in [0.5, 0.6) is 23.0 Å². The summed E-state index contributed by atoms with van der Waals surface area (Å²) in [4.78, 5) is 22.5. The second kappa shape index (κ2) is 5.58. The van der Waals surface area contributed by atoms with Gasteiger partial charge < -0.3 is 19.7 Å². The Morgan fingerprint density at radius 3 is 2.67 bits per heavy atom. The van der Waals surface area contributed by atoms with Crippen LogP contribution in [0.25, 0.3) is 6.08 Å². The fourth-order valence-corrected chi connectivity index (χ4v) is 2.32. The van der Waals surface area contributed by atoms with Crippen molar-refractivity contribution in [3.8, 4) is 23.0 Å². The van der Waals surface area contributed by atoms with Crippen molar-refractivity contribution in [2.45, 2.75) is 0 Å². The average molecular weight is 329 g/mol. The minimum absolute atomic E-state index is 0.0512. The maximum atomic E-state index is 12.3. The number of rotatable bonds is 3. The van der Waals surface area contributed by atoms with E-state index >= 15 is 0 Å². The molecule has 0 fully saturated rings. The van der Waals surface area contributed by atoms with Gasteiger partial charge in [0.15, 0.2) is 11.5 Å². The van der Waals surface area contributed by atoms with Crippen molar-refractivity contribution in [3.05, 3.63) is 57.3 Å². The summed E-state index contributed by atoms with van der Waals surface area (Å²) in [5.74, 6) is -1.03. The van der Waals surface area contributed by atoms with E-state index in [2.05, 4.69) is 0 Å². The zero-order chi connectivity index (χ0) is 17.4. The molecule has 0 atom stereocenters. The van der Waals surface area contributed by atoms with Gasteiger partial charge in [-0.05, 0) is 29.8 Å². The Labute approximate surface area is 135 Å². The molecule has 0 saturated carbocycles. The number of phenolic OH excluding ortho intramolecular Hbond substituents is 2. The van der Waals surface area contributed by atoms with Gasteiger partial charge in [-0.2, -0.15) is 0 Å². The van der Waals surface area contributed by atoms with Crippen molar-refractivity contribution in [1.82, 2.24) is 0 Å². The first kappa shape index (κ1) is 15.3. The number of hydrogen-bond donors (Lipinski definition) is 2. The number of nitrogens with zero attached hydrogens (tertiary/aromatic N) is 1. The Hall–Kier alpha value is -3.55. The normalized spacial score (nSPS) is 14.4. The number of phenols is 2. The average Bonchev–Trinajstić information content (AvgIpc) is 2.83. The van der Waals surface area contributed by atoms with Crippen LogP contribution in [0.4, 0.5) is 5.69 Å². The Kier molecular flexibility index (Phi) is 3.57. The number of ketones is 1. The molecule has 0 aliphatic carbocycles. The van der Waals surface area contributed by atoms with Gasteiger partial charge in [-0.25, -0.2) is 0 Å². The van der Waals surface area contributed by atoms with Crippen LogP contribution in [-0.4, -0.2) is 28.0 Å². The molecule has 2 aromatic carbocycles. The summed E-state index contributed by atoms with van der Waals surface area (Å²) in [5, 5.41) is 30.2. The van der Waals surface area contributed by atoms with Crippen molar-refractivity contribution in [2.24, 2.45) is 0 Å². The molecule has 0 saturated heterocycles. The maximum Gasteiger partial charge on any atom is 0.315 e. The van der Waals surface area contributed by atoms with Gasteiger partial charge >= 0.3 is 5.69 Å². The van der Waals surface area contributed by atoms with E-state index in [0.29, 0.717) is 0 Å². The predicted octanol–water partition coefficient (Wildman–Crippen LogP) is 2.63. The van der Waals surface area contributed by atoms with Gasteiger partial charge in [0, 0.05) is 12.1 Å². The molecule has 1 aliphatic rings. The lowest BCUT2D eigenvalue weighted by Crippen LogP contribution is -1.99. The zero-order valence-corrected chi connectivity index (χ0v) is 12.3. The number of benzene rings is 2. The second-order valence-electron chi connectivity index (χ2n) is 4.97. The van der Waals surface area contributed by atoms with Crippen molar-refractivity contribution in [3.63, 3.8) is 0 Å². The number of carbonyl (C=O) groups excluding carboxylic acids is 1. The third kappa shape index (κ3) is 2.50. The second-order valence-corrected chi connectivity index (χ2v) is 4.97. The lowest BCUT2D eigenvalue weighted by Gasteiger charge is -2.06. The molecule has 3 rings (SSSR count). The molecular formula is C16H11NO7. The number of nitro benzene ring substituents is 1. The number of ether oxygens (including phenoxy) is 2. The largest absolute Gasteiger partial charge is 0.508 e. The van der Waals surface area contributed by atoms with Crippen LogP contribution in [-0.2, 0) is 0 Å². The fourth-order valence-electron chi connectivity index (χ4n) is 2.32. The number of nitro groups is 1. The number of allylic oxidation sites excluding steroid dienone is 1. The van der Waals surface area contributed by atoms with E-state index in [1.54, 1.807) is 0 Å². The summed E-state index contributed by atoms with van der Waals surface area (Å²) in [6.07, 6.45) is 1.30. The predicted molar refractivity (Wildman–Crippen MR) is 82.4 cm³/mol. The van der Waals surface area contributed by atoms with E-state index in [1.165, 1.54) is 37.5 Å². The highest BCUT2D eigenvalue weighted by Gasteiger charge is 2.28. The smallest absolute Gasteiger partial charge is 0.315 e. The van der Waals surface area contributed by atoms with Gasteiger partial charge in [0.1, 0.15) is 11.5 Å². The Morgan fingerprint density at radius 1 is 1.25 bits per heavy atom. The van der Waals surface area contributed by atoms with Crippen LogP contribution in [0, 0.1) is 10.1 Å². The summed E-state index contributed by atoms with van der Waals surface area (Å²) < 4.78 is 10.3. The monoisotopic (exact) mass is 329 g/mol. The van der Waals surface area contributed by atoms with Gasteiger partial charge in [0.05, 0.1) is 17.6 Å². The van der Waals surface area contributed by atoms with E-state index in [0.717, 1.165) is 6.07 Å². The lowest BCUT2D eigenvalue weighted by molar-refractivity contribution is -0.386. The molecule has 0 unspecified atom stereocenters. The minimum Gasteiger partial charge on any atom is -0.508 e. The first-order chi connectivity index (χ1) is 11.4. The molecule has 24 heavy (non-hydrogen) atoms. The Morgan fingerprint density at radius 2 is 2.00 bits per heavy atom. The lowest BCUT2D eigenvalue weighted by atomic mass is 10.1. The highest BCUT2D eigenvalue weighted by molar-refractivity contribution is 6.14. The third-order valence-electron chi connectivity index (χ3n) is 3.45. The number of methoxy groups -OCH3 is 1. The van der Waals surface area contributed by atoms with Crippen LogP contribution in [0.15, 0.2) is 36.1 Å². The molecule has 8 nitrogen and oxygen atoms in total. The van der Waals surface area contributed by atoms with Gasteiger partial charge in [-0.1, -0.05) is 0 Å². The minimum atomic E-state index is -0.760. The molecule has 0 amide bonds. The molecule has 1 heterocycles. The summed E-state index contributed by atoms with van der Waals surface area (Å²) in [6, 6.07) is 6.52. The van der Waals surface area contributed by atoms with Crippen molar-refractivity contribution >= 4 is 17.5 Å². The van der Waals surface area contributed by atoms with Gasteiger partial charge in [-0.15, -0.1) is 0 Å². The summed E-state index contributed by atoms with van der Waals surface area (Å²) in [7, 11) is 1.26.